The largest absolute Gasteiger partial charge is 0.398 e. The summed E-state index contributed by atoms with van der Waals surface area (Å²) >= 11 is 0. The van der Waals surface area contributed by atoms with Crippen molar-refractivity contribution in [2.45, 2.75) is 18.4 Å². The lowest BCUT2D eigenvalue weighted by Gasteiger charge is -2.18. The fraction of sp³-hybridized carbons (Fsp3) is 0.200. The van der Waals surface area contributed by atoms with Crippen LogP contribution in [-0.4, -0.2) is 19.8 Å². The molecule has 0 aliphatic rings. The Hall–Kier alpha value is -1.92. The molecule has 0 saturated heterocycles. The molecule has 0 amide bonds. The Bertz CT molecular complexity index is 743. The molecule has 0 bridgehead atoms. The fourth-order valence-electron chi connectivity index (χ4n) is 1.89. The number of aryl methyl sites for hydroxylation is 1. The van der Waals surface area contributed by atoms with Crippen LogP contribution in [0.4, 0.5) is 10.1 Å². The Labute approximate surface area is 124 Å². The number of anilines is 1. The monoisotopic (exact) mass is 308 g/mol. The topological polar surface area (TPSA) is 63.4 Å². The number of nitrogens with two attached hydrogens (primary N) is 1. The summed E-state index contributed by atoms with van der Waals surface area (Å²) in [4.78, 5) is 0.148. The summed E-state index contributed by atoms with van der Waals surface area (Å²) in [6.45, 7) is 1.98. The third-order valence-electron chi connectivity index (χ3n) is 3.28. The lowest BCUT2D eigenvalue weighted by molar-refractivity contribution is 0.466. The number of hydrogen-bond donors (Lipinski definition) is 1. The number of nitrogens with zero attached hydrogens (tertiary/aromatic N) is 1. The zero-order valence-electron chi connectivity index (χ0n) is 11.9. The first kappa shape index (κ1) is 15.5. The van der Waals surface area contributed by atoms with Crippen molar-refractivity contribution in [3.63, 3.8) is 0 Å². The standard InChI is InChI=1S/C15H17FN2O2S/c1-11-3-8-14(9-15(11)17)21(19,20)18(2)10-12-4-6-13(16)7-5-12/h3-9H,10,17H2,1-2H3. The number of benzene rings is 2. The lowest BCUT2D eigenvalue weighted by Crippen LogP contribution is -2.26. The van der Waals surface area contributed by atoms with Gasteiger partial charge in [0.1, 0.15) is 5.82 Å². The average Bonchev–Trinajstić information content (AvgIpc) is 2.44. The molecule has 6 heteroatoms. The van der Waals surface area contributed by atoms with E-state index in [9.17, 15) is 12.8 Å². The van der Waals surface area contributed by atoms with Crippen LogP contribution in [0, 0.1) is 12.7 Å². The Balaban J connectivity index is 2.25. The van der Waals surface area contributed by atoms with Gasteiger partial charge in [-0.1, -0.05) is 18.2 Å². The highest BCUT2D eigenvalue weighted by atomic mass is 32.2. The van der Waals surface area contributed by atoms with Gasteiger partial charge in [-0.25, -0.2) is 12.8 Å². The Morgan fingerprint density at radius 1 is 1.14 bits per heavy atom. The van der Waals surface area contributed by atoms with Crippen LogP contribution in [-0.2, 0) is 16.6 Å². The summed E-state index contributed by atoms with van der Waals surface area (Å²) in [7, 11) is -2.15. The van der Waals surface area contributed by atoms with Crippen LogP contribution in [0.3, 0.4) is 0 Å². The Morgan fingerprint density at radius 2 is 1.76 bits per heavy atom. The molecular formula is C15H17FN2O2S. The third-order valence-corrected chi connectivity index (χ3v) is 5.08. The van der Waals surface area contributed by atoms with E-state index >= 15 is 0 Å². The van der Waals surface area contributed by atoms with Crippen LogP contribution >= 0.6 is 0 Å². The summed E-state index contributed by atoms with van der Waals surface area (Å²) in [5.74, 6) is -0.351. The first-order valence-corrected chi connectivity index (χ1v) is 7.81. The first-order chi connectivity index (χ1) is 9.80. The predicted octanol–water partition coefficient (Wildman–Crippen LogP) is 2.54. The molecular weight excluding hydrogens is 291 g/mol. The van der Waals surface area contributed by atoms with E-state index in [1.165, 1.54) is 35.6 Å². The van der Waals surface area contributed by atoms with E-state index in [4.69, 9.17) is 5.73 Å². The molecule has 2 aromatic carbocycles. The second-order valence-corrected chi connectivity index (χ2v) is 6.95. The number of sulfonamides is 1. The quantitative estimate of drug-likeness (QED) is 0.883. The van der Waals surface area contributed by atoms with Gasteiger partial charge in [0.2, 0.25) is 10.0 Å². The second kappa shape index (κ2) is 5.83. The average molecular weight is 308 g/mol. The molecule has 2 aromatic rings. The van der Waals surface area contributed by atoms with Gasteiger partial charge in [-0.15, -0.1) is 0 Å². The highest BCUT2D eigenvalue weighted by Crippen LogP contribution is 2.21. The van der Waals surface area contributed by atoms with Crippen molar-refractivity contribution in [2.24, 2.45) is 0 Å². The summed E-state index contributed by atoms with van der Waals surface area (Å²) in [5.41, 5.74) is 7.74. The molecule has 0 fully saturated rings. The van der Waals surface area contributed by atoms with Crippen LogP contribution in [0.5, 0.6) is 0 Å². The molecule has 0 spiro atoms. The van der Waals surface area contributed by atoms with Gasteiger partial charge in [-0.3, -0.25) is 0 Å². The molecule has 0 aromatic heterocycles. The van der Waals surface area contributed by atoms with E-state index in [2.05, 4.69) is 0 Å². The van der Waals surface area contributed by atoms with Crippen LogP contribution < -0.4 is 5.73 Å². The Kier molecular flexibility index (Phi) is 4.29. The van der Waals surface area contributed by atoms with Crippen LogP contribution in [0.1, 0.15) is 11.1 Å². The van der Waals surface area contributed by atoms with Gasteiger partial charge in [0.25, 0.3) is 0 Å². The van der Waals surface area contributed by atoms with Crippen molar-refractivity contribution >= 4 is 15.7 Å². The number of nitrogen functional groups attached to an aromatic ring is 1. The maximum atomic E-state index is 12.9. The highest BCUT2D eigenvalue weighted by molar-refractivity contribution is 7.89. The summed E-state index contributed by atoms with van der Waals surface area (Å²) in [5, 5.41) is 0. The molecule has 0 radical (unpaired) electrons. The van der Waals surface area contributed by atoms with E-state index in [1.807, 2.05) is 6.92 Å². The molecule has 0 atom stereocenters. The fourth-order valence-corrected chi connectivity index (χ4v) is 3.09. The van der Waals surface area contributed by atoms with Crippen molar-refractivity contribution in [3.8, 4) is 0 Å². The second-order valence-electron chi connectivity index (χ2n) is 4.91. The van der Waals surface area contributed by atoms with Crippen LogP contribution in [0.25, 0.3) is 0 Å². The zero-order chi connectivity index (χ0) is 15.6. The minimum Gasteiger partial charge on any atom is -0.398 e. The molecule has 21 heavy (non-hydrogen) atoms. The van der Waals surface area contributed by atoms with Gasteiger partial charge in [0.15, 0.2) is 0 Å². The van der Waals surface area contributed by atoms with Gasteiger partial charge in [-0.2, -0.15) is 4.31 Å². The molecule has 2 rings (SSSR count). The predicted molar refractivity (Wildman–Crippen MR) is 80.6 cm³/mol. The van der Waals surface area contributed by atoms with E-state index in [0.29, 0.717) is 11.3 Å². The molecule has 4 nitrogen and oxygen atoms in total. The van der Waals surface area contributed by atoms with Crippen molar-refractivity contribution in [1.82, 2.24) is 4.31 Å². The molecule has 112 valence electrons. The highest BCUT2D eigenvalue weighted by Gasteiger charge is 2.21. The van der Waals surface area contributed by atoms with Gasteiger partial charge in [0.05, 0.1) is 4.90 Å². The number of hydrogen-bond acceptors (Lipinski definition) is 3. The summed E-state index contributed by atoms with van der Waals surface area (Å²) in [6.07, 6.45) is 0. The lowest BCUT2D eigenvalue weighted by atomic mass is 10.2. The van der Waals surface area contributed by atoms with Crippen LogP contribution in [0.15, 0.2) is 47.4 Å². The maximum absolute atomic E-state index is 12.9. The molecule has 0 aliphatic carbocycles. The third kappa shape index (κ3) is 3.40. The van der Waals surface area contributed by atoms with Crippen molar-refractivity contribution in [1.29, 1.82) is 0 Å². The molecule has 0 heterocycles. The zero-order valence-corrected chi connectivity index (χ0v) is 12.7. The molecule has 2 N–H and O–H groups in total. The smallest absolute Gasteiger partial charge is 0.243 e. The maximum Gasteiger partial charge on any atom is 0.243 e. The minimum atomic E-state index is -3.63. The SMILES string of the molecule is Cc1ccc(S(=O)(=O)N(C)Cc2ccc(F)cc2)cc1N. The van der Waals surface area contributed by atoms with Gasteiger partial charge in [0, 0.05) is 19.3 Å². The van der Waals surface area contributed by atoms with Gasteiger partial charge >= 0.3 is 0 Å². The van der Waals surface area contributed by atoms with E-state index in [-0.39, 0.29) is 17.3 Å². The summed E-state index contributed by atoms with van der Waals surface area (Å²) in [6, 6.07) is 10.4. The van der Waals surface area contributed by atoms with E-state index in [1.54, 1.807) is 18.2 Å². The van der Waals surface area contributed by atoms with Gasteiger partial charge in [-0.05, 0) is 42.3 Å². The summed E-state index contributed by atoms with van der Waals surface area (Å²) < 4.78 is 39.0. The van der Waals surface area contributed by atoms with Crippen molar-refractivity contribution in [3.05, 3.63) is 59.4 Å². The molecule has 0 saturated carbocycles. The number of rotatable bonds is 4. The van der Waals surface area contributed by atoms with E-state index in [0.717, 1.165) is 5.56 Å². The van der Waals surface area contributed by atoms with Crippen molar-refractivity contribution < 1.29 is 12.8 Å². The molecule has 0 unspecified atom stereocenters. The van der Waals surface area contributed by atoms with Gasteiger partial charge < -0.3 is 5.73 Å². The molecule has 0 aliphatic heterocycles. The van der Waals surface area contributed by atoms with E-state index < -0.39 is 10.0 Å². The van der Waals surface area contributed by atoms with Crippen LogP contribution in [0.2, 0.25) is 0 Å². The Morgan fingerprint density at radius 3 is 2.33 bits per heavy atom. The first-order valence-electron chi connectivity index (χ1n) is 6.37. The normalized spacial score (nSPS) is 11.8. The number of halogens is 1. The van der Waals surface area contributed by atoms with Crippen molar-refractivity contribution in [2.75, 3.05) is 12.8 Å². The minimum absolute atomic E-state index is 0.148.